The van der Waals surface area contributed by atoms with E-state index in [1.165, 1.54) is 12.4 Å². The van der Waals surface area contributed by atoms with Crippen molar-refractivity contribution in [3.8, 4) is 0 Å². The van der Waals surface area contributed by atoms with E-state index in [4.69, 9.17) is 11.5 Å². The molecule has 12 heavy (non-hydrogen) atoms. The highest BCUT2D eigenvalue weighted by atomic mass is 16.2. The summed E-state index contributed by atoms with van der Waals surface area (Å²) in [5.41, 5.74) is 9.71. The van der Waals surface area contributed by atoms with Crippen molar-refractivity contribution >= 4 is 18.0 Å². The number of aromatic nitrogens is 2. The molecule has 1 aromatic rings. The molecule has 64 valence electrons. The zero-order chi connectivity index (χ0) is 9.14. The number of H-pyrrole nitrogens is 1. The van der Waals surface area contributed by atoms with Crippen LogP contribution < -0.4 is 16.4 Å². The van der Waals surface area contributed by atoms with Crippen LogP contribution in [0.25, 0.3) is 0 Å². The molecule has 1 heterocycles. The molecule has 0 bridgehead atoms. The molecule has 0 unspecified atom stereocenters. The number of nitrogens with one attached hydrogen (secondary N) is 1. The van der Waals surface area contributed by atoms with E-state index in [9.17, 15) is 9.59 Å². The van der Waals surface area contributed by atoms with E-state index in [0.29, 0.717) is 4.90 Å². The lowest BCUT2D eigenvalue weighted by atomic mass is 10.7. The highest BCUT2D eigenvalue weighted by Gasteiger charge is 2.19. The molecule has 0 aliphatic carbocycles. The lowest BCUT2D eigenvalue weighted by Crippen LogP contribution is -2.44. The number of imidazole rings is 1. The van der Waals surface area contributed by atoms with Crippen LogP contribution in [0.3, 0.4) is 0 Å². The van der Waals surface area contributed by atoms with Crippen LogP contribution >= 0.6 is 0 Å². The molecule has 7 heteroatoms. The minimum atomic E-state index is -0.975. The van der Waals surface area contributed by atoms with Gasteiger partial charge in [-0.1, -0.05) is 0 Å². The second-order valence-corrected chi connectivity index (χ2v) is 1.92. The fourth-order valence-corrected chi connectivity index (χ4v) is 0.697. The first-order valence-corrected chi connectivity index (χ1v) is 3.01. The third-order valence-electron chi connectivity index (χ3n) is 1.14. The van der Waals surface area contributed by atoms with Gasteiger partial charge in [0.2, 0.25) is 5.95 Å². The number of nitrogens with two attached hydrogens (primary N) is 2. The summed E-state index contributed by atoms with van der Waals surface area (Å²) in [6.07, 6.45) is 2.81. The van der Waals surface area contributed by atoms with Gasteiger partial charge in [0.15, 0.2) is 0 Å². The van der Waals surface area contributed by atoms with Gasteiger partial charge in [0.1, 0.15) is 0 Å². The van der Waals surface area contributed by atoms with Crippen molar-refractivity contribution in [2.75, 3.05) is 4.90 Å². The van der Waals surface area contributed by atoms with E-state index in [1.54, 1.807) is 0 Å². The van der Waals surface area contributed by atoms with Gasteiger partial charge in [-0.3, -0.25) is 0 Å². The van der Waals surface area contributed by atoms with Gasteiger partial charge in [-0.15, -0.1) is 0 Å². The predicted molar refractivity (Wildman–Crippen MR) is 40.2 cm³/mol. The number of imide groups is 1. The van der Waals surface area contributed by atoms with Crippen molar-refractivity contribution in [3.63, 3.8) is 0 Å². The number of aromatic amines is 1. The molecule has 0 aromatic carbocycles. The Morgan fingerprint density at radius 1 is 1.42 bits per heavy atom. The first kappa shape index (κ1) is 8.05. The highest BCUT2D eigenvalue weighted by molar-refractivity contribution is 6.10. The van der Waals surface area contributed by atoms with E-state index in [1.807, 2.05) is 0 Å². The van der Waals surface area contributed by atoms with E-state index >= 15 is 0 Å². The fraction of sp³-hybridized carbons (Fsp3) is 0. The van der Waals surface area contributed by atoms with Crippen molar-refractivity contribution in [1.82, 2.24) is 9.97 Å². The molecule has 0 spiro atoms. The number of rotatable bonds is 1. The number of nitrogens with zero attached hydrogens (tertiary/aromatic N) is 2. The SMILES string of the molecule is NC(=O)N(C(N)=O)c1ncc[nH]1. The minimum Gasteiger partial charge on any atom is -0.351 e. The third kappa shape index (κ3) is 1.34. The maximum Gasteiger partial charge on any atom is 0.330 e. The van der Waals surface area contributed by atoms with Crippen molar-refractivity contribution in [2.45, 2.75) is 0 Å². The number of anilines is 1. The zero-order valence-corrected chi connectivity index (χ0v) is 6.02. The summed E-state index contributed by atoms with van der Waals surface area (Å²) in [6, 6.07) is -1.95. The van der Waals surface area contributed by atoms with Crippen LogP contribution in [0, 0.1) is 0 Å². The van der Waals surface area contributed by atoms with E-state index in [0.717, 1.165) is 0 Å². The summed E-state index contributed by atoms with van der Waals surface area (Å²) >= 11 is 0. The molecular formula is C5H7N5O2. The smallest absolute Gasteiger partial charge is 0.330 e. The fourth-order valence-electron chi connectivity index (χ4n) is 0.697. The van der Waals surface area contributed by atoms with Crippen LogP contribution in [0.4, 0.5) is 15.5 Å². The van der Waals surface area contributed by atoms with Gasteiger partial charge in [-0.2, -0.15) is 4.90 Å². The Labute approximate surface area is 67.4 Å². The summed E-state index contributed by atoms with van der Waals surface area (Å²) < 4.78 is 0. The van der Waals surface area contributed by atoms with Crippen LogP contribution in [0.5, 0.6) is 0 Å². The van der Waals surface area contributed by atoms with Crippen molar-refractivity contribution in [1.29, 1.82) is 0 Å². The lowest BCUT2D eigenvalue weighted by molar-refractivity contribution is 0.243. The summed E-state index contributed by atoms with van der Waals surface area (Å²) in [5.74, 6) is 0.00926. The Kier molecular flexibility index (Phi) is 1.95. The van der Waals surface area contributed by atoms with Crippen LogP contribution in [-0.2, 0) is 0 Å². The molecule has 0 atom stereocenters. The Balaban J connectivity index is 2.96. The standard InChI is InChI=1S/C5H7N5O2/c6-3(11)10(4(7)12)5-8-1-2-9-5/h1-2H,(H2,6,11)(H2,7,12)(H,8,9). The van der Waals surface area contributed by atoms with Crippen molar-refractivity contribution < 1.29 is 9.59 Å². The molecule has 0 aliphatic rings. The van der Waals surface area contributed by atoms with Gasteiger partial charge in [-0.05, 0) is 0 Å². The second-order valence-electron chi connectivity index (χ2n) is 1.92. The Morgan fingerprint density at radius 2 is 2.00 bits per heavy atom. The average Bonchev–Trinajstić information content (AvgIpc) is 2.37. The van der Waals surface area contributed by atoms with Gasteiger partial charge in [-0.25, -0.2) is 14.6 Å². The Bertz CT molecular complexity index is 279. The largest absolute Gasteiger partial charge is 0.351 e. The van der Waals surface area contributed by atoms with Crippen molar-refractivity contribution in [2.24, 2.45) is 11.5 Å². The molecule has 0 saturated carbocycles. The molecule has 0 aliphatic heterocycles. The molecule has 7 nitrogen and oxygen atoms in total. The highest BCUT2D eigenvalue weighted by Crippen LogP contribution is 2.03. The monoisotopic (exact) mass is 169 g/mol. The van der Waals surface area contributed by atoms with Crippen LogP contribution in [0.2, 0.25) is 0 Å². The van der Waals surface area contributed by atoms with Crippen LogP contribution in [0.1, 0.15) is 0 Å². The molecule has 0 radical (unpaired) electrons. The molecule has 1 aromatic heterocycles. The summed E-state index contributed by atoms with van der Waals surface area (Å²) in [5, 5.41) is 0. The quantitative estimate of drug-likeness (QED) is 0.519. The summed E-state index contributed by atoms with van der Waals surface area (Å²) in [4.78, 5) is 27.9. The molecule has 5 N–H and O–H groups in total. The topological polar surface area (TPSA) is 118 Å². The van der Waals surface area contributed by atoms with E-state index in [2.05, 4.69) is 9.97 Å². The number of urea groups is 2. The van der Waals surface area contributed by atoms with Gasteiger partial charge >= 0.3 is 12.1 Å². The molecule has 0 saturated heterocycles. The van der Waals surface area contributed by atoms with E-state index in [-0.39, 0.29) is 5.95 Å². The number of carbonyl (C=O) groups is 2. The zero-order valence-electron chi connectivity index (χ0n) is 6.02. The molecule has 0 fully saturated rings. The minimum absolute atomic E-state index is 0.00926. The first-order valence-electron chi connectivity index (χ1n) is 3.01. The lowest BCUT2D eigenvalue weighted by Gasteiger charge is -2.10. The summed E-state index contributed by atoms with van der Waals surface area (Å²) in [6.45, 7) is 0. The van der Waals surface area contributed by atoms with E-state index < -0.39 is 12.1 Å². The Morgan fingerprint density at radius 3 is 2.33 bits per heavy atom. The normalized spacial score (nSPS) is 9.33. The third-order valence-corrected chi connectivity index (χ3v) is 1.14. The number of hydrogen-bond acceptors (Lipinski definition) is 3. The van der Waals surface area contributed by atoms with Gasteiger partial charge in [0.05, 0.1) is 0 Å². The number of primary amides is 2. The van der Waals surface area contributed by atoms with Crippen LogP contribution in [0.15, 0.2) is 12.4 Å². The summed E-state index contributed by atoms with van der Waals surface area (Å²) in [7, 11) is 0. The number of hydrogen-bond donors (Lipinski definition) is 3. The average molecular weight is 169 g/mol. The second kappa shape index (κ2) is 2.91. The van der Waals surface area contributed by atoms with Gasteiger partial charge in [0, 0.05) is 12.4 Å². The number of amides is 4. The van der Waals surface area contributed by atoms with Gasteiger partial charge in [0.25, 0.3) is 0 Å². The maximum absolute atomic E-state index is 10.6. The Hall–Kier alpha value is -2.05. The van der Waals surface area contributed by atoms with Crippen molar-refractivity contribution in [3.05, 3.63) is 12.4 Å². The maximum atomic E-state index is 10.6. The molecule has 1 rings (SSSR count). The van der Waals surface area contributed by atoms with Gasteiger partial charge < -0.3 is 16.5 Å². The molecule has 4 amide bonds. The first-order chi connectivity index (χ1) is 5.63. The molecular weight excluding hydrogens is 162 g/mol. The number of carbonyl (C=O) groups excluding carboxylic acids is 2. The van der Waals surface area contributed by atoms with Crippen LogP contribution in [-0.4, -0.2) is 22.0 Å². The predicted octanol–water partition coefficient (Wildman–Crippen LogP) is -0.627.